The minimum absolute atomic E-state index is 1.33. The van der Waals surface area contributed by atoms with Crippen molar-refractivity contribution in [2.75, 3.05) is 6.26 Å². The van der Waals surface area contributed by atoms with E-state index < -0.39 is 0 Å². The second-order valence-electron chi connectivity index (χ2n) is 2.02. The van der Waals surface area contributed by atoms with Gasteiger partial charge < -0.3 is 0 Å². The summed E-state index contributed by atoms with van der Waals surface area (Å²) in [6.45, 7) is 0. The Bertz CT molecular complexity index is 181. The standard InChI is InChI=1S/C7H9BS/c1-9-7-4-2-6(8)3-5-7/h2-5H,8H2,1H3. The highest BCUT2D eigenvalue weighted by Crippen LogP contribution is 2.10. The Morgan fingerprint density at radius 2 is 1.78 bits per heavy atom. The Kier molecular flexibility index (Phi) is 2.23. The van der Waals surface area contributed by atoms with Crippen LogP contribution in [0.15, 0.2) is 29.2 Å². The monoisotopic (exact) mass is 136 g/mol. The molecule has 1 rings (SSSR count). The number of benzene rings is 1. The lowest BCUT2D eigenvalue weighted by molar-refractivity contribution is 1.49. The molecule has 0 spiro atoms. The molecule has 0 aromatic heterocycles. The van der Waals surface area contributed by atoms with Crippen molar-refractivity contribution in [2.24, 2.45) is 0 Å². The molecule has 0 N–H and O–H groups in total. The second kappa shape index (κ2) is 2.97. The van der Waals surface area contributed by atoms with Gasteiger partial charge in [-0.05, 0) is 18.4 Å². The average molecular weight is 136 g/mol. The molecule has 0 aliphatic rings. The van der Waals surface area contributed by atoms with E-state index in [0.29, 0.717) is 0 Å². The fourth-order valence-corrected chi connectivity index (χ4v) is 1.08. The molecule has 0 saturated heterocycles. The molecule has 0 nitrogen and oxygen atoms in total. The molecule has 0 aliphatic heterocycles. The average Bonchev–Trinajstić information content (AvgIpc) is 1.90. The van der Waals surface area contributed by atoms with Crippen molar-refractivity contribution in [3.8, 4) is 0 Å². The summed E-state index contributed by atoms with van der Waals surface area (Å²) in [6.07, 6.45) is 2.09. The van der Waals surface area contributed by atoms with Crippen LogP contribution in [0.5, 0.6) is 0 Å². The van der Waals surface area contributed by atoms with Gasteiger partial charge in [-0.2, -0.15) is 0 Å². The molecule has 9 heavy (non-hydrogen) atoms. The molecule has 0 unspecified atom stereocenters. The van der Waals surface area contributed by atoms with Gasteiger partial charge in [0.05, 0.1) is 0 Å². The fraction of sp³-hybridized carbons (Fsp3) is 0.143. The van der Waals surface area contributed by atoms with Crippen molar-refractivity contribution < 1.29 is 0 Å². The third-order valence-corrected chi connectivity index (χ3v) is 2.00. The van der Waals surface area contributed by atoms with E-state index in [1.165, 1.54) is 10.4 Å². The fourth-order valence-electron chi connectivity index (χ4n) is 0.674. The Morgan fingerprint density at radius 3 is 2.22 bits per heavy atom. The van der Waals surface area contributed by atoms with Gasteiger partial charge in [0.2, 0.25) is 0 Å². The minimum atomic E-state index is 1.33. The molecule has 2 heteroatoms. The summed E-state index contributed by atoms with van der Waals surface area (Å²) in [7, 11) is 2.10. The van der Waals surface area contributed by atoms with E-state index in [9.17, 15) is 0 Å². The van der Waals surface area contributed by atoms with Gasteiger partial charge in [0.1, 0.15) is 7.85 Å². The largest absolute Gasteiger partial charge is 0.139 e. The molecule has 0 aliphatic carbocycles. The van der Waals surface area contributed by atoms with E-state index in [1.54, 1.807) is 11.8 Å². The number of hydrogen-bond donors (Lipinski definition) is 0. The van der Waals surface area contributed by atoms with E-state index >= 15 is 0 Å². The first-order chi connectivity index (χ1) is 4.33. The van der Waals surface area contributed by atoms with E-state index in [-0.39, 0.29) is 0 Å². The van der Waals surface area contributed by atoms with E-state index in [1.807, 2.05) is 0 Å². The van der Waals surface area contributed by atoms with Gasteiger partial charge in [0, 0.05) is 4.90 Å². The molecule has 1 aromatic carbocycles. The predicted molar refractivity (Wildman–Crippen MR) is 46.4 cm³/mol. The number of hydrogen-bond acceptors (Lipinski definition) is 1. The van der Waals surface area contributed by atoms with E-state index in [0.717, 1.165) is 0 Å². The van der Waals surface area contributed by atoms with Gasteiger partial charge in [-0.1, -0.05) is 17.6 Å². The van der Waals surface area contributed by atoms with Crippen LogP contribution in [-0.2, 0) is 0 Å². The van der Waals surface area contributed by atoms with Gasteiger partial charge in [0.25, 0.3) is 0 Å². The van der Waals surface area contributed by atoms with Crippen molar-refractivity contribution in [1.82, 2.24) is 0 Å². The molecular weight excluding hydrogens is 127 g/mol. The first kappa shape index (κ1) is 6.75. The zero-order valence-electron chi connectivity index (χ0n) is 5.72. The zero-order valence-corrected chi connectivity index (χ0v) is 6.53. The van der Waals surface area contributed by atoms with Crippen molar-refractivity contribution >= 4 is 25.1 Å². The maximum Gasteiger partial charge on any atom is 0.139 e. The maximum atomic E-state index is 2.14. The second-order valence-corrected chi connectivity index (χ2v) is 2.90. The van der Waals surface area contributed by atoms with Crippen molar-refractivity contribution in [1.29, 1.82) is 0 Å². The third kappa shape index (κ3) is 1.79. The number of thioether (sulfide) groups is 1. The lowest BCUT2D eigenvalue weighted by Gasteiger charge is -1.94. The summed E-state index contributed by atoms with van der Waals surface area (Å²) < 4.78 is 0. The van der Waals surface area contributed by atoms with Gasteiger partial charge in [0.15, 0.2) is 0 Å². The lowest BCUT2D eigenvalue weighted by atomic mass is 9.97. The molecule has 0 heterocycles. The van der Waals surface area contributed by atoms with Crippen molar-refractivity contribution in [3.05, 3.63) is 24.3 Å². The molecule has 0 radical (unpaired) electrons. The molecule has 0 amide bonds. The molecule has 0 atom stereocenters. The van der Waals surface area contributed by atoms with E-state index in [2.05, 4.69) is 38.4 Å². The molecule has 1 aromatic rings. The first-order valence-electron chi connectivity index (χ1n) is 2.93. The molecule has 0 saturated carbocycles. The molecule has 0 bridgehead atoms. The highest BCUT2D eigenvalue weighted by molar-refractivity contribution is 7.98. The minimum Gasteiger partial charge on any atom is -0.130 e. The van der Waals surface area contributed by atoms with Crippen LogP contribution >= 0.6 is 11.8 Å². The summed E-state index contributed by atoms with van der Waals surface area (Å²) in [4.78, 5) is 1.33. The third-order valence-electron chi connectivity index (χ3n) is 1.26. The highest BCUT2D eigenvalue weighted by Gasteiger charge is 1.85. The van der Waals surface area contributed by atoms with Gasteiger partial charge in [-0.25, -0.2) is 0 Å². The predicted octanol–water partition coefficient (Wildman–Crippen LogP) is 0.667. The molecule has 46 valence electrons. The summed E-state index contributed by atoms with van der Waals surface area (Å²) in [5, 5.41) is 0. The summed E-state index contributed by atoms with van der Waals surface area (Å²) in [5.41, 5.74) is 1.33. The maximum absolute atomic E-state index is 2.14. The van der Waals surface area contributed by atoms with Crippen molar-refractivity contribution in [3.63, 3.8) is 0 Å². The van der Waals surface area contributed by atoms with Crippen LogP contribution in [0.3, 0.4) is 0 Å². The van der Waals surface area contributed by atoms with Gasteiger partial charge in [-0.3, -0.25) is 0 Å². The van der Waals surface area contributed by atoms with Crippen LogP contribution in [0, 0.1) is 0 Å². The Hall–Kier alpha value is -0.365. The van der Waals surface area contributed by atoms with E-state index in [4.69, 9.17) is 0 Å². The summed E-state index contributed by atoms with van der Waals surface area (Å²) >= 11 is 1.78. The Morgan fingerprint density at radius 1 is 1.22 bits per heavy atom. The lowest BCUT2D eigenvalue weighted by Crippen LogP contribution is -1.98. The quantitative estimate of drug-likeness (QED) is 0.403. The summed E-state index contributed by atoms with van der Waals surface area (Å²) in [6, 6.07) is 8.54. The Balaban J connectivity index is 2.88. The van der Waals surface area contributed by atoms with Crippen LogP contribution in [-0.4, -0.2) is 14.1 Å². The van der Waals surface area contributed by atoms with Crippen LogP contribution in [0.2, 0.25) is 0 Å². The smallest absolute Gasteiger partial charge is 0.130 e. The number of rotatable bonds is 1. The van der Waals surface area contributed by atoms with Crippen LogP contribution < -0.4 is 5.46 Å². The normalized spacial score (nSPS) is 9.44. The molecular formula is C7H9BS. The highest BCUT2D eigenvalue weighted by atomic mass is 32.2. The first-order valence-corrected chi connectivity index (χ1v) is 4.16. The van der Waals surface area contributed by atoms with Crippen molar-refractivity contribution in [2.45, 2.75) is 4.90 Å². The van der Waals surface area contributed by atoms with Crippen LogP contribution in [0.4, 0.5) is 0 Å². The summed E-state index contributed by atoms with van der Waals surface area (Å²) in [5.74, 6) is 0. The topological polar surface area (TPSA) is 0 Å². The van der Waals surface area contributed by atoms with Crippen LogP contribution in [0.1, 0.15) is 0 Å². The van der Waals surface area contributed by atoms with Gasteiger partial charge >= 0.3 is 0 Å². The van der Waals surface area contributed by atoms with Crippen LogP contribution in [0.25, 0.3) is 0 Å². The SMILES string of the molecule is Bc1ccc(SC)cc1. The Labute approximate surface area is 61.1 Å². The van der Waals surface area contributed by atoms with Gasteiger partial charge in [-0.15, -0.1) is 11.8 Å². The molecule has 0 fully saturated rings. The zero-order chi connectivity index (χ0) is 6.69.